The maximum atomic E-state index is 12.7. The summed E-state index contributed by atoms with van der Waals surface area (Å²) in [5, 5.41) is 3.09. The maximum absolute atomic E-state index is 12.7. The molecular formula is C22H18BrN3O. The quantitative estimate of drug-likeness (QED) is 0.339. The minimum Gasteiger partial charge on any atom is -0.281 e. The molecule has 4 nitrogen and oxygen atoms in total. The molecule has 0 radical (unpaired) electrons. The minimum absolute atomic E-state index is 0.174. The summed E-state index contributed by atoms with van der Waals surface area (Å²) in [6.07, 6.45) is 0. The zero-order valence-electron chi connectivity index (χ0n) is 15.0. The molecule has 0 fully saturated rings. The fourth-order valence-corrected chi connectivity index (χ4v) is 3.73. The molecule has 0 saturated heterocycles. The van der Waals surface area contributed by atoms with Gasteiger partial charge in [0.25, 0.3) is 5.91 Å². The van der Waals surface area contributed by atoms with Gasteiger partial charge in [-0.3, -0.25) is 15.6 Å². The van der Waals surface area contributed by atoms with Gasteiger partial charge < -0.3 is 0 Å². The molecule has 0 saturated carbocycles. The van der Waals surface area contributed by atoms with Crippen LogP contribution in [0.2, 0.25) is 0 Å². The van der Waals surface area contributed by atoms with Gasteiger partial charge in [0.2, 0.25) is 0 Å². The first-order valence-corrected chi connectivity index (χ1v) is 9.44. The smallest absolute Gasteiger partial charge is 0.270 e. The van der Waals surface area contributed by atoms with E-state index >= 15 is 0 Å². The van der Waals surface area contributed by atoms with Crippen molar-refractivity contribution in [3.63, 3.8) is 0 Å². The monoisotopic (exact) mass is 419 g/mol. The number of rotatable bonds is 3. The van der Waals surface area contributed by atoms with Crippen LogP contribution in [0.5, 0.6) is 0 Å². The van der Waals surface area contributed by atoms with Crippen LogP contribution < -0.4 is 10.9 Å². The molecule has 0 aliphatic rings. The number of halogens is 1. The molecule has 0 bridgehead atoms. The number of aryl methyl sites for hydroxylation is 2. The summed E-state index contributed by atoms with van der Waals surface area (Å²) in [6, 6.07) is 19.8. The second-order valence-corrected chi connectivity index (χ2v) is 7.43. The second-order valence-electron chi connectivity index (χ2n) is 6.51. The highest BCUT2D eigenvalue weighted by Gasteiger charge is 2.13. The molecule has 0 unspecified atom stereocenters. The lowest BCUT2D eigenvalue weighted by molar-refractivity contribution is 0.0961. The van der Waals surface area contributed by atoms with Crippen LogP contribution in [0.15, 0.2) is 65.1 Å². The van der Waals surface area contributed by atoms with Crippen LogP contribution >= 0.6 is 15.9 Å². The Morgan fingerprint density at radius 3 is 2.33 bits per heavy atom. The van der Waals surface area contributed by atoms with Crippen LogP contribution in [0.4, 0.5) is 5.82 Å². The van der Waals surface area contributed by atoms with E-state index in [9.17, 15) is 4.79 Å². The summed E-state index contributed by atoms with van der Waals surface area (Å²) in [7, 11) is 0. The number of anilines is 1. The number of hydrazine groups is 1. The van der Waals surface area contributed by atoms with Gasteiger partial charge in [0.1, 0.15) is 0 Å². The Hall–Kier alpha value is -2.92. The number of benzene rings is 3. The Labute approximate surface area is 165 Å². The lowest BCUT2D eigenvalue weighted by atomic mass is 10.0. The lowest BCUT2D eigenvalue weighted by Crippen LogP contribution is -2.31. The molecule has 0 atom stereocenters. The topological polar surface area (TPSA) is 54.0 Å². The molecule has 0 aliphatic heterocycles. The Morgan fingerprint density at radius 1 is 0.889 bits per heavy atom. The first-order valence-electron chi connectivity index (χ1n) is 8.65. The summed E-state index contributed by atoms with van der Waals surface area (Å²) < 4.78 is 1.01. The van der Waals surface area contributed by atoms with Crippen molar-refractivity contribution in [3.05, 3.63) is 81.8 Å². The first-order chi connectivity index (χ1) is 13.0. The Morgan fingerprint density at radius 2 is 1.59 bits per heavy atom. The number of hydrogen-bond acceptors (Lipinski definition) is 3. The number of carbonyl (C=O) groups is 1. The third-order valence-electron chi connectivity index (χ3n) is 4.67. The van der Waals surface area contributed by atoms with Crippen LogP contribution in [0.1, 0.15) is 21.5 Å². The van der Waals surface area contributed by atoms with E-state index in [4.69, 9.17) is 4.98 Å². The van der Waals surface area contributed by atoms with Crippen LogP contribution in [-0.2, 0) is 0 Å². The molecule has 3 aromatic carbocycles. The SMILES string of the molecule is Cc1cccc(C)c1C(=O)NNc1nc2ccc(Br)cc2c2ccccc12. The molecule has 4 aromatic rings. The van der Waals surface area contributed by atoms with Gasteiger partial charge in [-0.15, -0.1) is 0 Å². The zero-order chi connectivity index (χ0) is 19.0. The molecule has 1 aromatic heterocycles. The lowest BCUT2D eigenvalue weighted by Gasteiger charge is -2.14. The van der Waals surface area contributed by atoms with Gasteiger partial charge in [-0.25, -0.2) is 4.98 Å². The summed E-state index contributed by atoms with van der Waals surface area (Å²) in [5.41, 5.74) is 9.25. The molecule has 4 rings (SSSR count). The first kappa shape index (κ1) is 17.5. The van der Waals surface area contributed by atoms with Crippen molar-refractivity contribution in [3.8, 4) is 0 Å². The van der Waals surface area contributed by atoms with Gasteiger partial charge in [0, 0.05) is 20.8 Å². The molecule has 134 valence electrons. The van der Waals surface area contributed by atoms with E-state index in [1.807, 2.05) is 62.4 Å². The van der Waals surface area contributed by atoms with Crippen molar-refractivity contribution in [2.45, 2.75) is 13.8 Å². The van der Waals surface area contributed by atoms with E-state index in [-0.39, 0.29) is 5.91 Å². The van der Waals surface area contributed by atoms with E-state index in [1.165, 1.54) is 0 Å². The van der Waals surface area contributed by atoms with Gasteiger partial charge >= 0.3 is 0 Å². The van der Waals surface area contributed by atoms with E-state index in [2.05, 4.69) is 38.9 Å². The number of aromatic nitrogens is 1. The van der Waals surface area contributed by atoms with Crippen LogP contribution in [0, 0.1) is 13.8 Å². The summed E-state index contributed by atoms with van der Waals surface area (Å²) in [4.78, 5) is 17.4. The second kappa shape index (κ2) is 7.00. The molecular weight excluding hydrogens is 402 g/mol. The number of fused-ring (bicyclic) bond motifs is 3. The fourth-order valence-electron chi connectivity index (χ4n) is 3.37. The van der Waals surface area contributed by atoms with E-state index < -0.39 is 0 Å². The predicted molar refractivity (Wildman–Crippen MR) is 114 cm³/mol. The van der Waals surface area contributed by atoms with Crippen molar-refractivity contribution in [2.24, 2.45) is 0 Å². The van der Waals surface area contributed by atoms with Crippen LogP contribution in [0.3, 0.4) is 0 Å². The molecule has 1 amide bonds. The Kier molecular flexibility index (Phi) is 4.54. The highest BCUT2D eigenvalue weighted by molar-refractivity contribution is 9.10. The molecule has 2 N–H and O–H groups in total. The van der Waals surface area contributed by atoms with Crippen LogP contribution in [-0.4, -0.2) is 10.9 Å². The number of amides is 1. The van der Waals surface area contributed by atoms with Gasteiger partial charge in [0.15, 0.2) is 5.82 Å². The molecule has 0 spiro atoms. The average Bonchev–Trinajstić information content (AvgIpc) is 2.66. The van der Waals surface area contributed by atoms with Crippen molar-refractivity contribution in [1.29, 1.82) is 0 Å². The van der Waals surface area contributed by atoms with Crippen molar-refractivity contribution in [1.82, 2.24) is 10.4 Å². The number of nitrogens with one attached hydrogen (secondary N) is 2. The minimum atomic E-state index is -0.174. The van der Waals surface area contributed by atoms with E-state index in [0.29, 0.717) is 11.4 Å². The number of carbonyl (C=O) groups excluding carboxylic acids is 1. The molecule has 0 aliphatic carbocycles. The van der Waals surface area contributed by atoms with E-state index in [0.717, 1.165) is 37.3 Å². The summed E-state index contributed by atoms with van der Waals surface area (Å²) >= 11 is 3.53. The third kappa shape index (κ3) is 3.26. The highest BCUT2D eigenvalue weighted by Crippen LogP contribution is 2.30. The third-order valence-corrected chi connectivity index (χ3v) is 5.16. The van der Waals surface area contributed by atoms with Crippen molar-refractivity contribution >= 4 is 49.3 Å². The number of nitrogens with zero attached hydrogens (tertiary/aromatic N) is 1. The standard InChI is InChI=1S/C22H18BrN3O/c1-13-6-5-7-14(2)20(13)22(27)26-25-21-17-9-4-3-8-16(17)18-12-15(23)10-11-19(18)24-21/h3-12H,1-2H3,(H,24,25)(H,26,27). The molecule has 1 heterocycles. The number of pyridine rings is 1. The average molecular weight is 420 g/mol. The summed E-state index contributed by atoms with van der Waals surface area (Å²) in [6.45, 7) is 3.87. The van der Waals surface area contributed by atoms with E-state index in [1.54, 1.807) is 0 Å². The normalized spacial score (nSPS) is 10.9. The predicted octanol–water partition coefficient (Wildman–Crippen LogP) is 5.52. The Bertz CT molecular complexity index is 1170. The maximum Gasteiger partial charge on any atom is 0.270 e. The van der Waals surface area contributed by atoms with Crippen molar-refractivity contribution in [2.75, 3.05) is 5.43 Å². The fraction of sp³-hybridized carbons (Fsp3) is 0.0909. The van der Waals surface area contributed by atoms with Gasteiger partial charge in [-0.1, -0.05) is 58.4 Å². The summed E-state index contributed by atoms with van der Waals surface area (Å²) in [5.74, 6) is 0.451. The van der Waals surface area contributed by atoms with Gasteiger partial charge in [-0.2, -0.15) is 0 Å². The van der Waals surface area contributed by atoms with Crippen LogP contribution in [0.25, 0.3) is 21.7 Å². The highest BCUT2D eigenvalue weighted by atomic mass is 79.9. The van der Waals surface area contributed by atoms with Gasteiger partial charge in [-0.05, 0) is 48.6 Å². The van der Waals surface area contributed by atoms with Crippen molar-refractivity contribution < 1.29 is 4.79 Å². The zero-order valence-corrected chi connectivity index (χ0v) is 16.6. The Balaban J connectivity index is 1.73. The molecule has 27 heavy (non-hydrogen) atoms. The van der Waals surface area contributed by atoms with Gasteiger partial charge in [0.05, 0.1) is 5.52 Å². The molecule has 5 heteroatoms. The number of hydrogen-bond donors (Lipinski definition) is 2. The largest absolute Gasteiger partial charge is 0.281 e.